The van der Waals surface area contributed by atoms with E-state index in [-0.39, 0.29) is 4.90 Å². The summed E-state index contributed by atoms with van der Waals surface area (Å²) in [5.41, 5.74) is 6.87. The first kappa shape index (κ1) is 14.1. The first-order valence-corrected chi connectivity index (χ1v) is 8.04. The van der Waals surface area contributed by atoms with Gasteiger partial charge >= 0.3 is 0 Å². The molecule has 1 aromatic rings. The highest BCUT2D eigenvalue weighted by Crippen LogP contribution is 2.22. The summed E-state index contributed by atoms with van der Waals surface area (Å²) in [6, 6.07) is 4.40. The van der Waals surface area contributed by atoms with E-state index >= 15 is 0 Å². The Bertz CT molecular complexity index is 474. The van der Waals surface area contributed by atoms with Gasteiger partial charge in [0.25, 0.3) is 0 Å². The van der Waals surface area contributed by atoms with E-state index < -0.39 is 10.0 Å². The van der Waals surface area contributed by atoms with Gasteiger partial charge in [-0.1, -0.05) is 0 Å². The number of thioether (sulfide) groups is 1. The van der Waals surface area contributed by atoms with Crippen LogP contribution >= 0.6 is 11.8 Å². The molecule has 0 amide bonds. The van der Waals surface area contributed by atoms with Crippen molar-refractivity contribution in [2.45, 2.75) is 11.3 Å². The molecule has 0 aliphatic carbocycles. The second-order valence-corrected chi connectivity index (χ2v) is 6.11. The molecule has 0 heterocycles. The third-order valence-electron chi connectivity index (χ3n) is 2.19. The molecule has 0 bridgehead atoms. The fourth-order valence-electron chi connectivity index (χ4n) is 1.31. The van der Waals surface area contributed by atoms with Gasteiger partial charge in [-0.05, 0) is 36.6 Å². The summed E-state index contributed by atoms with van der Waals surface area (Å²) in [5, 5.41) is 8.15. The minimum absolute atomic E-state index is 0.0686. The smallest absolute Gasteiger partial charge is 0.238 e. The number of benzene rings is 1. The summed E-state index contributed by atoms with van der Waals surface area (Å²) >= 11 is 1.76. The summed E-state index contributed by atoms with van der Waals surface area (Å²) in [6.45, 7) is 0.749. The molecule has 1 rings (SSSR count). The van der Waals surface area contributed by atoms with Gasteiger partial charge in [-0.15, -0.1) is 0 Å². The van der Waals surface area contributed by atoms with Crippen LogP contribution in [-0.4, -0.2) is 27.0 Å². The van der Waals surface area contributed by atoms with Gasteiger partial charge in [-0.2, -0.15) is 11.8 Å². The van der Waals surface area contributed by atoms with Gasteiger partial charge < -0.3 is 11.1 Å². The highest BCUT2D eigenvalue weighted by Gasteiger charge is 2.09. The molecule has 0 fully saturated rings. The molecule has 0 atom stereocenters. The molecule has 17 heavy (non-hydrogen) atoms. The van der Waals surface area contributed by atoms with Crippen molar-refractivity contribution >= 4 is 33.2 Å². The van der Waals surface area contributed by atoms with E-state index in [0.717, 1.165) is 18.7 Å². The topological polar surface area (TPSA) is 98.2 Å². The maximum atomic E-state index is 11.2. The highest BCUT2D eigenvalue weighted by molar-refractivity contribution is 7.98. The molecule has 5 N–H and O–H groups in total. The average Bonchev–Trinajstić information content (AvgIpc) is 2.25. The van der Waals surface area contributed by atoms with Crippen LogP contribution in [0.15, 0.2) is 23.1 Å². The molecule has 0 unspecified atom stereocenters. The third-order valence-corrected chi connectivity index (χ3v) is 3.80. The summed E-state index contributed by atoms with van der Waals surface area (Å²) in [7, 11) is -3.68. The number of nitrogens with two attached hydrogens (primary N) is 2. The zero-order valence-electron chi connectivity index (χ0n) is 9.64. The predicted molar refractivity (Wildman–Crippen MR) is 73.7 cm³/mol. The van der Waals surface area contributed by atoms with Crippen molar-refractivity contribution in [3.8, 4) is 0 Å². The van der Waals surface area contributed by atoms with Crippen molar-refractivity contribution in [1.29, 1.82) is 0 Å². The summed E-state index contributed by atoms with van der Waals surface area (Å²) in [4.78, 5) is 0.0686. The fraction of sp³-hybridized carbons (Fsp3) is 0.400. The zero-order chi connectivity index (χ0) is 12.9. The van der Waals surface area contributed by atoms with Gasteiger partial charge in [0.2, 0.25) is 10.0 Å². The van der Waals surface area contributed by atoms with Crippen LogP contribution in [0.5, 0.6) is 0 Å². The number of hydrogen-bond acceptors (Lipinski definition) is 5. The van der Waals surface area contributed by atoms with E-state index in [2.05, 4.69) is 5.32 Å². The number of hydrogen-bond donors (Lipinski definition) is 3. The standard InChI is InChI=1S/C10H17N3O2S2/c1-16-6-2-5-13-10-7-8(17(12,14)15)3-4-9(10)11/h3-4,7,13H,2,5-6,11H2,1H3,(H2,12,14,15). The van der Waals surface area contributed by atoms with Crippen molar-refractivity contribution < 1.29 is 8.42 Å². The molecule has 0 aromatic heterocycles. The van der Waals surface area contributed by atoms with Crippen LogP contribution in [0.25, 0.3) is 0 Å². The van der Waals surface area contributed by atoms with Crippen molar-refractivity contribution in [1.82, 2.24) is 0 Å². The third kappa shape index (κ3) is 4.45. The minimum Gasteiger partial charge on any atom is -0.397 e. The van der Waals surface area contributed by atoms with Crippen LogP contribution < -0.4 is 16.2 Å². The van der Waals surface area contributed by atoms with E-state index in [1.165, 1.54) is 18.2 Å². The Morgan fingerprint density at radius 2 is 2.12 bits per heavy atom. The van der Waals surface area contributed by atoms with Gasteiger partial charge in [0.05, 0.1) is 16.3 Å². The number of nitrogens with one attached hydrogen (secondary N) is 1. The van der Waals surface area contributed by atoms with E-state index in [4.69, 9.17) is 10.9 Å². The average molecular weight is 275 g/mol. The molecule has 7 heteroatoms. The fourth-order valence-corrected chi connectivity index (χ4v) is 2.28. The molecule has 5 nitrogen and oxygen atoms in total. The van der Waals surface area contributed by atoms with E-state index in [9.17, 15) is 8.42 Å². The van der Waals surface area contributed by atoms with Crippen molar-refractivity contribution in [3.05, 3.63) is 18.2 Å². The van der Waals surface area contributed by atoms with Crippen LogP contribution in [0.4, 0.5) is 11.4 Å². The van der Waals surface area contributed by atoms with Crippen LogP contribution in [0.2, 0.25) is 0 Å². The molecule has 0 aliphatic heterocycles. The Labute approximate surface area is 106 Å². The molecular formula is C10H17N3O2S2. The second-order valence-electron chi connectivity index (χ2n) is 3.57. The van der Waals surface area contributed by atoms with E-state index in [0.29, 0.717) is 11.4 Å². The van der Waals surface area contributed by atoms with Gasteiger partial charge in [0, 0.05) is 6.54 Å². The lowest BCUT2D eigenvalue weighted by atomic mass is 10.2. The van der Waals surface area contributed by atoms with Crippen molar-refractivity contribution in [2.24, 2.45) is 5.14 Å². The molecule has 0 radical (unpaired) electrons. The lowest BCUT2D eigenvalue weighted by Crippen LogP contribution is -2.13. The molecule has 1 aromatic carbocycles. The number of nitrogen functional groups attached to an aromatic ring is 1. The second kappa shape index (κ2) is 6.13. The maximum Gasteiger partial charge on any atom is 0.238 e. The molecule has 0 spiro atoms. The van der Waals surface area contributed by atoms with Gasteiger partial charge in [-0.3, -0.25) is 0 Å². The van der Waals surface area contributed by atoms with Crippen LogP contribution in [0.1, 0.15) is 6.42 Å². The first-order valence-electron chi connectivity index (χ1n) is 5.10. The van der Waals surface area contributed by atoms with Crippen molar-refractivity contribution in [3.63, 3.8) is 0 Å². The maximum absolute atomic E-state index is 11.2. The number of anilines is 2. The van der Waals surface area contributed by atoms with Crippen LogP contribution in [0, 0.1) is 0 Å². The molecular weight excluding hydrogens is 258 g/mol. The Morgan fingerprint density at radius 1 is 1.41 bits per heavy atom. The Kier molecular flexibility index (Phi) is 5.10. The Balaban J connectivity index is 2.77. The monoisotopic (exact) mass is 275 g/mol. The number of primary sulfonamides is 1. The summed E-state index contributed by atoms with van der Waals surface area (Å²) < 4.78 is 22.4. The van der Waals surface area contributed by atoms with Gasteiger partial charge in [-0.25, -0.2) is 13.6 Å². The van der Waals surface area contributed by atoms with Gasteiger partial charge in [0.1, 0.15) is 0 Å². The largest absolute Gasteiger partial charge is 0.397 e. The first-order chi connectivity index (χ1) is 7.95. The minimum atomic E-state index is -3.68. The lowest BCUT2D eigenvalue weighted by Gasteiger charge is -2.10. The normalized spacial score (nSPS) is 11.4. The van der Waals surface area contributed by atoms with E-state index in [1.54, 1.807) is 11.8 Å². The van der Waals surface area contributed by atoms with Crippen LogP contribution in [0.3, 0.4) is 0 Å². The number of rotatable bonds is 6. The summed E-state index contributed by atoms with van der Waals surface area (Å²) in [5.74, 6) is 1.04. The van der Waals surface area contributed by atoms with E-state index in [1.807, 2.05) is 6.26 Å². The molecule has 0 saturated carbocycles. The highest BCUT2D eigenvalue weighted by atomic mass is 32.2. The van der Waals surface area contributed by atoms with Crippen LogP contribution in [-0.2, 0) is 10.0 Å². The molecule has 0 saturated heterocycles. The zero-order valence-corrected chi connectivity index (χ0v) is 11.3. The van der Waals surface area contributed by atoms with Gasteiger partial charge in [0.15, 0.2) is 0 Å². The Morgan fingerprint density at radius 3 is 2.71 bits per heavy atom. The predicted octanol–water partition coefficient (Wildman–Crippen LogP) is 1.08. The Hall–Kier alpha value is -0.920. The summed E-state index contributed by atoms with van der Waals surface area (Å²) in [6.07, 6.45) is 3.02. The molecule has 0 aliphatic rings. The lowest BCUT2D eigenvalue weighted by molar-refractivity contribution is 0.598. The SMILES string of the molecule is CSCCCNc1cc(S(N)(=O)=O)ccc1N. The number of sulfonamides is 1. The quantitative estimate of drug-likeness (QED) is 0.533. The molecule has 96 valence electrons. The van der Waals surface area contributed by atoms with Crippen molar-refractivity contribution in [2.75, 3.05) is 29.6 Å².